The second kappa shape index (κ2) is 7.75. The first-order chi connectivity index (χ1) is 11.7. The summed E-state index contributed by atoms with van der Waals surface area (Å²) in [5.41, 5.74) is 3.51. The Balaban J connectivity index is 1.74. The molecular weight excluding hydrogens is 300 g/mol. The van der Waals surface area contributed by atoms with Crippen LogP contribution >= 0.6 is 0 Å². The molecule has 0 aliphatic rings. The minimum atomic E-state index is 0.793. The summed E-state index contributed by atoms with van der Waals surface area (Å²) in [6, 6.07) is 14.2. The lowest BCUT2D eigenvalue weighted by Gasteiger charge is -2.21. The van der Waals surface area contributed by atoms with Crippen molar-refractivity contribution in [3.05, 3.63) is 77.9 Å². The zero-order chi connectivity index (χ0) is 16.8. The maximum absolute atomic E-state index is 5.23. The lowest BCUT2D eigenvalue weighted by Crippen LogP contribution is -2.22. The molecular formula is C19H22N4O. The van der Waals surface area contributed by atoms with Gasteiger partial charge in [-0.2, -0.15) is 5.10 Å². The fourth-order valence-corrected chi connectivity index (χ4v) is 2.69. The predicted octanol–water partition coefficient (Wildman–Crippen LogP) is 3.03. The van der Waals surface area contributed by atoms with Crippen LogP contribution in [0.4, 0.5) is 0 Å². The van der Waals surface area contributed by atoms with E-state index < -0.39 is 0 Å². The Morgan fingerprint density at radius 1 is 1.00 bits per heavy atom. The van der Waals surface area contributed by atoms with E-state index in [0.29, 0.717) is 0 Å². The third-order valence-electron chi connectivity index (χ3n) is 3.84. The lowest BCUT2D eigenvalue weighted by molar-refractivity contribution is 0.244. The van der Waals surface area contributed by atoms with Gasteiger partial charge in [-0.25, -0.2) is 0 Å². The van der Waals surface area contributed by atoms with Crippen LogP contribution in [0.3, 0.4) is 0 Å². The van der Waals surface area contributed by atoms with Crippen molar-refractivity contribution in [3.63, 3.8) is 0 Å². The Kier molecular flexibility index (Phi) is 5.23. The van der Waals surface area contributed by atoms with Crippen LogP contribution in [0.15, 0.2) is 61.1 Å². The molecule has 0 radical (unpaired) electrons. The van der Waals surface area contributed by atoms with E-state index in [-0.39, 0.29) is 0 Å². The molecule has 0 N–H and O–H groups in total. The average molecular weight is 322 g/mol. The third-order valence-corrected chi connectivity index (χ3v) is 3.84. The van der Waals surface area contributed by atoms with Gasteiger partial charge in [0.05, 0.1) is 19.0 Å². The Hall–Kier alpha value is -2.66. The molecule has 0 fully saturated rings. The van der Waals surface area contributed by atoms with E-state index >= 15 is 0 Å². The molecule has 0 saturated carbocycles. The fourth-order valence-electron chi connectivity index (χ4n) is 2.69. The number of hydrogen-bond donors (Lipinski definition) is 0. The number of pyridine rings is 1. The highest BCUT2D eigenvalue weighted by atomic mass is 16.5. The van der Waals surface area contributed by atoms with E-state index in [1.54, 1.807) is 7.11 Å². The molecule has 0 unspecified atom stereocenters. The number of hydrogen-bond acceptors (Lipinski definition) is 4. The monoisotopic (exact) mass is 322 g/mol. The van der Waals surface area contributed by atoms with E-state index in [1.807, 2.05) is 48.4 Å². The van der Waals surface area contributed by atoms with E-state index in [4.69, 9.17) is 4.74 Å². The molecule has 3 aromatic rings. The van der Waals surface area contributed by atoms with E-state index in [2.05, 4.69) is 39.4 Å². The van der Waals surface area contributed by atoms with Crippen LogP contribution in [0.1, 0.15) is 16.8 Å². The Morgan fingerprint density at radius 2 is 1.79 bits per heavy atom. The van der Waals surface area contributed by atoms with Gasteiger partial charge >= 0.3 is 0 Å². The maximum Gasteiger partial charge on any atom is 0.118 e. The molecule has 0 amide bonds. The molecule has 124 valence electrons. The number of rotatable bonds is 7. The molecule has 0 spiro atoms. The maximum atomic E-state index is 5.23. The molecule has 5 heteroatoms. The summed E-state index contributed by atoms with van der Waals surface area (Å²) in [4.78, 5) is 6.81. The fraction of sp³-hybridized carbons (Fsp3) is 0.263. The van der Waals surface area contributed by atoms with Crippen molar-refractivity contribution in [1.82, 2.24) is 19.7 Å². The number of aryl methyl sites for hydroxylation is 1. The van der Waals surface area contributed by atoms with Crippen LogP contribution in [-0.4, -0.2) is 26.8 Å². The van der Waals surface area contributed by atoms with E-state index in [1.165, 1.54) is 11.1 Å². The van der Waals surface area contributed by atoms with Gasteiger partial charge in [0, 0.05) is 44.6 Å². The molecule has 2 heterocycles. The first-order valence-corrected chi connectivity index (χ1v) is 7.95. The van der Waals surface area contributed by atoms with Crippen molar-refractivity contribution in [2.75, 3.05) is 7.11 Å². The van der Waals surface area contributed by atoms with E-state index in [9.17, 15) is 0 Å². The smallest absolute Gasteiger partial charge is 0.118 e. The number of methoxy groups -OCH3 is 1. The van der Waals surface area contributed by atoms with Crippen molar-refractivity contribution in [1.29, 1.82) is 0 Å². The van der Waals surface area contributed by atoms with Gasteiger partial charge in [0.15, 0.2) is 0 Å². The predicted molar refractivity (Wildman–Crippen MR) is 93.4 cm³/mol. The van der Waals surface area contributed by atoms with Crippen LogP contribution < -0.4 is 4.74 Å². The Labute approximate surface area is 142 Å². The standard InChI is InChI=1S/C19H22N4O/c1-22-12-17(11-21-22)14-23(15-18-5-3-4-10-20-18)13-16-6-8-19(24-2)9-7-16/h3-12H,13-15H2,1-2H3. The number of aromatic nitrogens is 3. The summed E-state index contributed by atoms with van der Waals surface area (Å²) < 4.78 is 7.07. The first kappa shape index (κ1) is 16.2. The molecule has 0 saturated heterocycles. The average Bonchev–Trinajstić information content (AvgIpc) is 3.01. The Bertz CT molecular complexity index is 753. The largest absolute Gasteiger partial charge is 0.497 e. The molecule has 5 nitrogen and oxygen atoms in total. The highest BCUT2D eigenvalue weighted by Gasteiger charge is 2.10. The zero-order valence-corrected chi connectivity index (χ0v) is 14.1. The molecule has 0 atom stereocenters. The summed E-state index contributed by atoms with van der Waals surface area (Å²) in [5, 5.41) is 4.26. The molecule has 3 rings (SSSR count). The van der Waals surface area contributed by atoms with E-state index in [0.717, 1.165) is 31.1 Å². The van der Waals surface area contributed by atoms with Gasteiger partial charge in [-0.1, -0.05) is 18.2 Å². The van der Waals surface area contributed by atoms with Gasteiger partial charge < -0.3 is 4.74 Å². The van der Waals surface area contributed by atoms with Crippen molar-refractivity contribution >= 4 is 0 Å². The molecule has 1 aromatic carbocycles. The molecule has 2 aromatic heterocycles. The highest BCUT2D eigenvalue weighted by molar-refractivity contribution is 5.27. The number of benzene rings is 1. The lowest BCUT2D eigenvalue weighted by atomic mass is 10.2. The first-order valence-electron chi connectivity index (χ1n) is 7.95. The molecule has 0 bridgehead atoms. The van der Waals surface area contributed by atoms with Crippen LogP contribution in [0.2, 0.25) is 0 Å². The number of nitrogens with zero attached hydrogens (tertiary/aromatic N) is 4. The summed E-state index contributed by atoms with van der Waals surface area (Å²) in [6.07, 6.45) is 5.81. The second-order valence-corrected chi connectivity index (χ2v) is 5.84. The Morgan fingerprint density at radius 3 is 2.42 bits per heavy atom. The quantitative estimate of drug-likeness (QED) is 0.670. The third kappa shape index (κ3) is 4.43. The molecule has 0 aliphatic heterocycles. The van der Waals surface area contributed by atoms with Crippen molar-refractivity contribution in [2.45, 2.75) is 19.6 Å². The van der Waals surface area contributed by atoms with Gasteiger partial charge in [-0.3, -0.25) is 14.6 Å². The highest BCUT2D eigenvalue weighted by Crippen LogP contribution is 2.16. The van der Waals surface area contributed by atoms with Crippen LogP contribution in [-0.2, 0) is 26.7 Å². The second-order valence-electron chi connectivity index (χ2n) is 5.84. The van der Waals surface area contributed by atoms with Gasteiger partial charge in [-0.15, -0.1) is 0 Å². The van der Waals surface area contributed by atoms with Crippen molar-refractivity contribution in [3.8, 4) is 5.75 Å². The minimum absolute atomic E-state index is 0.793. The summed E-state index contributed by atoms with van der Waals surface area (Å²) in [6.45, 7) is 2.47. The summed E-state index contributed by atoms with van der Waals surface area (Å²) >= 11 is 0. The normalized spacial score (nSPS) is 11.0. The summed E-state index contributed by atoms with van der Waals surface area (Å²) in [7, 11) is 3.63. The molecule has 0 aliphatic carbocycles. The SMILES string of the molecule is COc1ccc(CN(Cc2cnn(C)c2)Cc2ccccn2)cc1. The van der Waals surface area contributed by atoms with Gasteiger partial charge in [-0.05, 0) is 29.8 Å². The summed E-state index contributed by atoms with van der Waals surface area (Å²) in [5.74, 6) is 0.877. The van der Waals surface area contributed by atoms with Gasteiger partial charge in [0.2, 0.25) is 0 Å². The van der Waals surface area contributed by atoms with Crippen molar-refractivity contribution < 1.29 is 4.74 Å². The topological polar surface area (TPSA) is 43.2 Å². The van der Waals surface area contributed by atoms with Crippen LogP contribution in [0, 0.1) is 0 Å². The number of ether oxygens (including phenoxy) is 1. The van der Waals surface area contributed by atoms with Gasteiger partial charge in [0.1, 0.15) is 5.75 Å². The van der Waals surface area contributed by atoms with Crippen LogP contribution in [0.25, 0.3) is 0 Å². The van der Waals surface area contributed by atoms with Crippen LogP contribution in [0.5, 0.6) is 5.75 Å². The molecule has 24 heavy (non-hydrogen) atoms. The minimum Gasteiger partial charge on any atom is -0.497 e. The van der Waals surface area contributed by atoms with Crippen molar-refractivity contribution in [2.24, 2.45) is 7.05 Å². The zero-order valence-electron chi connectivity index (χ0n) is 14.1. The van der Waals surface area contributed by atoms with Gasteiger partial charge in [0.25, 0.3) is 0 Å².